The van der Waals surface area contributed by atoms with Crippen molar-refractivity contribution in [1.29, 1.82) is 0 Å². The second kappa shape index (κ2) is 6.15. The van der Waals surface area contributed by atoms with E-state index in [0.717, 1.165) is 16.4 Å². The highest BCUT2D eigenvalue weighted by Crippen LogP contribution is 2.26. The topological polar surface area (TPSA) is 96.7 Å². The van der Waals surface area contributed by atoms with Crippen molar-refractivity contribution in [2.24, 2.45) is 7.05 Å². The number of aryl methyl sites for hydroxylation is 1. The summed E-state index contributed by atoms with van der Waals surface area (Å²) in [7, 11) is 1.72. The maximum absolute atomic E-state index is 12.2. The van der Waals surface area contributed by atoms with Gasteiger partial charge in [0.05, 0.1) is 11.6 Å². The molecule has 0 aliphatic carbocycles. The summed E-state index contributed by atoms with van der Waals surface area (Å²) >= 11 is 0. The lowest BCUT2D eigenvalue weighted by Gasteiger charge is -2.16. The number of benzene rings is 1. The minimum Gasteiger partial charge on any atom is -0.375 e. The van der Waals surface area contributed by atoms with Gasteiger partial charge in [-0.25, -0.2) is 15.2 Å². The molecule has 0 fully saturated rings. The standard InChI is InChI=1S/C16H17N5O2/c1-10(16-17-6-3-7-18-16)19-13-9-15(22)21(2)14-5-4-11(20-23)8-12(13)14/h3-10,19-20,23H,1-2H3/p+1. The van der Waals surface area contributed by atoms with Crippen LogP contribution in [-0.4, -0.2) is 19.7 Å². The first-order chi connectivity index (χ1) is 11.1. The van der Waals surface area contributed by atoms with E-state index in [4.69, 9.17) is 0 Å². The fourth-order valence-electron chi connectivity index (χ4n) is 2.51. The van der Waals surface area contributed by atoms with Gasteiger partial charge in [-0.05, 0) is 19.1 Å². The van der Waals surface area contributed by atoms with Crippen molar-refractivity contribution in [3.05, 3.63) is 58.9 Å². The van der Waals surface area contributed by atoms with Gasteiger partial charge in [-0.15, -0.1) is 0 Å². The first kappa shape index (κ1) is 15.1. The zero-order valence-electron chi connectivity index (χ0n) is 12.9. The molecule has 7 heteroatoms. The second-order valence-electron chi connectivity index (χ2n) is 5.33. The van der Waals surface area contributed by atoms with Crippen LogP contribution in [0, 0.1) is 0 Å². The summed E-state index contributed by atoms with van der Waals surface area (Å²) < 4.78 is 1.57. The van der Waals surface area contributed by atoms with E-state index in [0.29, 0.717) is 17.2 Å². The third kappa shape index (κ3) is 2.92. The molecular formula is C16H18N5O2+. The molecule has 0 saturated heterocycles. The minimum atomic E-state index is -0.159. The number of rotatable bonds is 4. The molecule has 4 N–H and O–H groups in total. The van der Waals surface area contributed by atoms with Gasteiger partial charge in [-0.1, -0.05) is 0 Å². The number of hydrogen-bond acceptors (Lipinski definition) is 5. The highest BCUT2D eigenvalue weighted by Gasteiger charge is 2.13. The van der Waals surface area contributed by atoms with Gasteiger partial charge in [0.1, 0.15) is 5.82 Å². The monoisotopic (exact) mass is 312 g/mol. The number of nitrogens with zero attached hydrogens (tertiary/aromatic N) is 3. The summed E-state index contributed by atoms with van der Waals surface area (Å²) in [6.45, 7) is 1.93. The first-order valence-corrected chi connectivity index (χ1v) is 7.25. The highest BCUT2D eigenvalue weighted by molar-refractivity contribution is 5.93. The number of anilines is 1. The number of aromatic nitrogens is 3. The summed E-state index contributed by atoms with van der Waals surface area (Å²) in [6, 6.07) is 8.54. The van der Waals surface area contributed by atoms with Gasteiger partial charge in [-0.2, -0.15) is 5.48 Å². The Kier molecular flexibility index (Phi) is 4.05. The molecule has 2 heterocycles. The first-order valence-electron chi connectivity index (χ1n) is 7.25. The predicted octanol–water partition coefficient (Wildman–Crippen LogP) is 1.09. The van der Waals surface area contributed by atoms with Crippen LogP contribution in [0.4, 0.5) is 11.4 Å². The number of hydrogen-bond donors (Lipinski definition) is 3. The zero-order valence-corrected chi connectivity index (χ0v) is 12.9. The summed E-state index contributed by atoms with van der Waals surface area (Å²) in [5, 5.41) is 13.4. The van der Waals surface area contributed by atoms with Gasteiger partial charge in [0.2, 0.25) is 0 Å². The molecule has 1 unspecified atom stereocenters. The summed E-state index contributed by atoms with van der Waals surface area (Å²) in [4.78, 5) is 20.6. The lowest BCUT2D eigenvalue weighted by Crippen LogP contribution is -2.73. The molecule has 0 bridgehead atoms. The van der Waals surface area contributed by atoms with Crippen LogP contribution in [0.3, 0.4) is 0 Å². The predicted molar refractivity (Wildman–Crippen MR) is 86.6 cm³/mol. The quantitative estimate of drug-likeness (QED) is 0.495. The Labute approximate surface area is 132 Å². The van der Waals surface area contributed by atoms with E-state index in [1.54, 1.807) is 42.2 Å². The fourth-order valence-corrected chi connectivity index (χ4v) is 2.51. The van der Waals surface area contributed by atoms with Crippen LogP contribution in [0.25, 0.3) is 10.9 Å². The van der Waals surface area contributed by atoms with Crippen LogP contribution in [0.15, 0.2) is 47.5 Å². The fraction of sp³-hybridized carbons (Fsp3) is 0.188. The molecule has 1 atom stereocenters. The third-order valence-corrected chi connectivity index (χ3v) is 3.76. The van der Waals surface area contributed by atoms with Crippen LogP contribution in [0.5, 0.6) is 0 Å². The number of fused-ring (bicyclic) bond motifs is 1. The maximum atomic E-state index is 12.2. The van der Waals surface area contributed by atoms with E-state index in [2.05, 4.69) is 15.3 Å². The number of nitrogens with one attached hydrogen (secondary N) is 1. The molecule has 1 aromatic carbocycles. The van der Waals surface area contributed by atoms with Crippen molar-refractivity contribution in [1.82, 2.24) is 14.5 Å². The SMILES string of the molecule is CC(Nc1cc(=O)n(C)c2ccc([NH2+]O)cc12)c1ncccn1. The second-order valence-corrected chi connectivity index (χ2v) is 5.33. The van der Waals surface area contributed by atoms with E-state index in [1.807, 2.05) is 19.1 Å². The molecule has 0 aliphatic heterocycles. The Bertz CT molecular complexity index is 892. The van der Waals surface area contributed by atoms with Crippen molar-refractivity contribution in [3.8, 4) is 0 Å². The van der Waals surface area contributed by atoms with Gasteiger partial charge in [-0.3, -0.25) is 4.79 Å². The van der Waals surface area contributed by atoms with Crippen LogP contribution in [-0.2, 0) is 7.05 Å². The summed E-state index contributed by atoms with van der Waals surface area (Å²) in [6.07, 6.45) is 3.36. The Balaban J connectivity index is 2.09. The van der Waals surface area contributed by atoms with Crippen molar-refractivity contribution in [2.45, 2.75) is 13.0 Å². The van der Waals surface area contributed by atoms with Crippen LogP contribution < -0.4 is 16.4 Å². The Hall–Kier alpha value is -2.77. The zero-order chi connectivity index (χ0) is 16.4. The van der Waals surface area contributed by atoms with Crippen molar-refractivity contribution in [2.75, 3.05) is 5.32 Å². The molecule has 0 saturated carbocycles. The molecule has 0 aliphatic rings. The van der Waals surface area contributed by atoms with Crippen molar-refractivity contribution < 1.29 is 10.7 Å². The lowest BCUT2D eigenvalue weighted by molar-refractivity contribution is -0.825. The maximum Gasteiger partial charge on any atom is 0.252 e. The smallest absolute Gasteiger partial charge is 0.252 e. The van der Waals surface area contributed by atoms with Gasteiger partial charge in [0.15, 0.2) is 5.69 Å². The van der Waals surface area contributed by atoms with Gasteiger partial charge in [0, 0.05) is 48.7 Å². The highest BCUT2D eigenvalue weighted by atomic mass is 16.5. The van der Waals surface area contributed by atoms with E-state index in [-0.39, 0.29) is 11.6 Å². The molecule has 0 spiro atoms. The molecule has 0 amide bonds. The van der Waals surface area contributed by atoms with Crippen LogP contribution in [0.2, 0.25) is 0 Å². The molecule has 3 rings (SSSR count). The normalized spacial score (nSPS) is 12.3. The van der Waals surface area contributed by atoms with Gasteiger partial charge >= 0.3 is 0 Å². The van der Waals surface area contributed by atoms with Crippen LogP contribution in [0.1, 0.15) is 18.8 Å². The molecule has 0 radical (unpaired) electrons. The van der Waals surface area contributed by atoms with Crippen LogP contribution >= 0.6 is 0 Å². The Morgan fingerprint density at radius 3 is 2.70 bits per heavy atom. The largest absolute Gasteiger partial charge is 0.375 e. The number of pyridine rings is 1. The average Bonchev–Trinajstić information content (AvgIpc) is 2.59. The molecule has 23 heavy (non-hydrogen) atoms. The summed E-state index contributed by atoms with van der Waals surface area (Å²) in [5.41, 5.74) is 3.07. The van der Waals surface area contributed by atoms with E-state index >= 15 is 0 Å². The Morgan fingerprint density at radius 2 is 2.00 bits per heavy atom. The number of quaternary nitrogens is 1. The molecule has 7 nitrogen and oxygen atoms in total. The molecule has 3 aromatic rings. The minimum absolute atomic E-state index is 0.109. The van der Waals surface area contributed by atoms with Crippen molar-refractivity contribution in [3.63, 3.8) is 0 Å². The summed E-state index contributed by atoms with van der Waals surface area (Å²) in [5.74, 6) is 0.645. The van der Waals surface area contributed by atoms with E-state index in [1.165, 1.54) is 0 Å². The van der Waals surface area contributed by atoms with Gasteiger partial charge < -0.3 is 9.88 Å². The van der Waals surface area contributed by atoms with Gasteiger partial charge in [0.25, 0.3) is 5.56 Å². The number of nitrogens with two attached hydrogens (primary N) is 1. The molecular weight excluding hydrogens is 294 g/mol. The van der Waals surface area contributed by atoms with Crippen molar-refractivity contribution >= 4 is 22.3 Å². The third-order valence-electron chi connectivity index (χ3n) is 3.76. The van der Waals surface area contributed by atoms with E-state index in [9.17, 15) is 10.0 Å². The lowest BCUT2D eigenvalue weighted by atomic mass is 10.1. The average molecular weight is 312 g/mol. The Morgan fingerprint density at radius 1 is 1.26 bits per heavy atom. The molecule has 2 aromatic heterocycles. The van der Waals surface area contributed by atoms with E-state index < -0.39 is 0 Å². The molecule has 118 valence electrons.